The molecule has 0 N–H and O–H groups in total. The predicted octanol–water partition coefficient (Wildman–Crippen LogP) is 4.55. The Morgan fingerprint density at radius 3 is 2.28 bits per heavy atom. The molecule has 36 heavy (non-hydrogen) atoms. The van der Waals surface area contributed by atoms with Crippen molar-refractivity contribution in [3.63, 3.8) is 0 Å². The molecule has 1 fully saturated rings. The third-order valence-corrected chi connectivity index (χ3v) is 5.92. The molecule has 4 rings (SSSR count). The first-order chi connectivity index (χ1) is 17.4. The zero-order valence-electron chi connectivity index (χ0n) is 19.8. The minimum atomic E-state index is -0.392. The van der Waals surface area contributed by atoms with Crippen molar-refractivity contribution in [3.05, 3.63) is 101 Å². The number of ether oxygens (including phenoxy) is 2. The van der Waals surface area contributed by atoms with Gasteiger partial charge in [0.1, 0.15) is 18.2 Å². The standard InChI is InChI=1S/C28H26F2N2O4/c1-35-26-18-20(6-12-25(26)36-19-22-4-2-3-5-24(22)30)7-13-27(33)31-14-16-32(17-15-31)28(34)21-8-10-23(29)11-9-21/h2-13,18H,14-17,19H2,1H3/b13-7+. The van der Waals surface area contributed by atoms with Gasteiger partial charge in [-0.25, -0.2) is 8.78 Å². The van der Waals surface area contributed by atoms with Crippen LogP contribution in [0.5, 0.6) is 11.5 Å². The molecular formula is C28H26F2N2O4. The smallest absolute Gasteiger partial charge is 0.253 e. The topological polar surface area (TPSA) is 59.1 Å². The lowest BCUT2D eigenvalue weighted by atomic mass is 10.1. The second kappa shape index (κ2) is 11.5. The zero-order chi connectivity index (χ0) is 25.5. The average Bonchev–Trinajstić information content (AvgIpc) is 2.91. The van der Waals surface area contributed by atoms with Crippen LogP contribution in [0.2, 0.25) is 0 Å². The highest BCUT2D eigenvalue weighted by Gasteiger charge is 2.24. The van der Waals surface area contributed by atoms with Gasteiger partial charge in [-0.2, -0.15) is 0 Å². The summed E-state index contributed by atoms with van der Waals surface area (Å²) in [5.74, 6) is -0.142. The van der Waals surface area contributed by atoms with Crippen LogP contribution in [-0.4, -0.2) is 54.9 Å². The third-order valence-electron chi connectivity index (χ3n) is 5.92. The van der Waals surface area contributed by atoms with Gasteiger partial charge in [-0.1, -0.05) is 24.3 Å². The van der Waals surface area contributed by atoms with Crippen LogP contribution in [-0.2, 0) is 11.4 Å². The Morgan fingerprint density at radius 1 is 0.889 bits per heavy atom. The van der Waals surface area contributed by atoms with E-state index in [0.29, 0.717) is 48.8 Å². The number of carbonyl (C=O) groups excluding carboxylic acids is 2. The molecule has 0 atom stereocenters. The largest absolute Gasteiger partial charge is 0.493 e. The molecule has 2 amide bonds. The number of hydrogen-bond acceptors (Lipinski definition) is 4. The maximum absolute atomic E-state index is 13.8. The van der Waals surface area contributed by atoms with E-state index < -0.39 is 5.82 Å². The normalized spacial score (nSPS) is 13.6. The van der Waals surface area contributed by atoms with E-state index in [1.807, 2.05) is 0 Å². The molecule has 3 aromatic rings. The van der Waals surface area contributed by atoms with Crippen LogP contribution in [0.4, 0.5) is 8.78 Å². The summed E-state index contributed by atoms with van der Waals surface area (Å²) in [4.78, 5) is 28.6. The van der Waals surface area contributed by atoms with E-state index in [0.717, 1.165) is 5.56 Å². The van der Waals surface area contributed by atoms with Gasteiger partial charge in [0.2, 0.25) is 5.91 Å². The van der Waals surface area contributed by atoms with Gasteiger partial charge in [0, 0.05) is 43.4 Å². The first kappa shape index (κ1) is 24.9. The van der Waals surface area contributed by atoms with Crippen LogP contribution in [0.1, 0.15) is 21.5 Å². The number of nitrogens with zero attached hydrogens (tertiary/aromatic N) is 2. The van der Waals surface area contributed by atoms with Crippen molar-refractivity contribution in [2.24, 2.45) is 0 Å². The van der Waals surface area contributed by atoms with E-state index in [4.69, 9.17) is 9.47 Å². The molecule has 1 aliphatic heterocycles. The van der Waals surface area contributed by atoms with Crippen molar-refractivity contribution in [1.29, 1.82) is 0 Å². The zero-order valence-corrected chi connectivity index (χ0v) is 19.8. The van der Waals surface area contributed by atoms with Gasteiger partial charge in [-0.3, -0.25) is 9.59 Å². The Morgan fingerprint density at radius 2 is 1.58 bits per heavy atom. The van der Waals surface area contributed by atoms with Crippen molar-refractivity contribution in [2.75, 3.05) is 33.3 Å². The van der Waals surface area contributed by atoms with E-state index in [1.165, 1.54) is 43.5 Å². The number of methoxy groups -OCH3 is 1. The van der Waals surface area contributed by atoms with Crippen LogP contribution in [0, 0.1) is 11.6 Å². The molecule has 8 heteroatoms. The summed E-state index contributed by atoms with van der Waals surface area (Å²) < 4.78 is 38.1. The summed E-state index contributed by atoms with van der Waals surface area (Å²) >= 11 is 0. The molecule has 0 saturated carbocycles. The third kappa shape index (κ3) is 6.07. The lowest BCUT2D eigenvalue weighted by molar-refractivity contribution is -0.127. The molecule has 0 aliphatic carbocycles. The fraction of sp³-hybridized carbons (Fsp3) is 0.214. The summed E-state index contributed by atoms with van der Waals surface area (Å²) in [6.45, 7) is 1.67. The molecule has 186 valence electrons. The maximum Gasteiger partial charge on any atom is 0.253 e. The number of rotatable bonds is 7. The van der Waals surface area contributed by atoms with Gasteiger partial charge < -0.3 is 19.3 Å². The van der Waals surface area contributed by atoms with Crippen LogP contribution >= 0.6 is 0 Å². The molecule has 0 spiro atoms. The molecule has 0 radical (unpaired) electrons. The van der Waals surface area contributed by atoms with Gasteiger partial charge in [-0.15, -0.1) is 0 Å². The second-order valence-corrected chi connectivity index (χ2v) is 8.25. The Balaban J connectivity index is 1.32. The minimum absolute atomic E-state index is 0.0619. The fourth-order valence-electron chi connectivity index (χ4n) is 3.86. The average molecular weight is 493 g/mol. The highest BCUT2D eigenvalue weighted by molar-refractivity contribution is 5.95. The monoisotopic (exact) mass is 492 g/mol. The summed E-state index contributed by atoms with van der Waals surface area (Å²) in [7, 11) is 1.51. The number of piperazine rings is 1. The van der Waals surface area contributed by atoms with Gasteiger partial charge in [0.25, 0.3) is 5.91 Å². The van der Waals surface area contributed by atoms with E-state index in [2.05, 4.69) is 0 Å². The second-order valence-electron chi connectivity index (χ2n) is 8.25. The first-order valence-corrected chi connectivity index (χ1v) is 11.5. The molecule has 0 aromatic heterocycles. The van der Waals surface area contributed by atoms with Crippen LogP contribution in [0.25, 0.3) is 6.08 Å². The number of carbonyl (C=O) groups is 2. The van der Waals surface area contributed by atoms with Crippen molar-refractivity contribution < 1.29 is 27.8 Å². The number of amides is 2. The fourth-order valence-corrected chi connectivity index (χ4v) is 3.86. The summed E-state index contributed by atoms with van der Waals surface area (Å²) in [6.07, 6.45) is 3.16. The lowest BCUT2D eigenvalue weighted by Gasteiger charge is -2.34. The number of hydrogen-bond donors (Lipinski definition) is 0. The van der Waals surface area contributed by atoms with Crippen molar-refractivity contribution in [3.8, 4) is 11.5 Å². The Labute approximate surface area is 208 Å². The van der Waals surface area contributed by atoms with Gasteiger partial charge in [0.05, 0.1) is 7.11 Å². The van der Waals surface area contributed by atoms with Crippen LogP contribution < -0.4 is 9.47 Å². The molecule has 1 heterocycles. The van der Waals surface area contributed by atoms with Crippen LogP contribution in [0.3, 0.4) is 0 Å². The molecular weight excluding hydrogens is 466 g/mol. The van der Waals surface area contributed by atoms with E-state index >= 15 is 0 Å². The van der Waals surface area contributed by atoms with Gasteiger partial charge in [-0.05, 0) is 54.1 Å². The quantitative estimate of drug-likeness (QED) is 0.454. The van der Waals surface area contributed by atoms with Crippen molar-refractivity contribution >= 4 is 17.9 Å². The molecule has 6 nitrogen and oxygen atoms in total. The van der Waals surface area contributed by atoms with Crippen LogP contribution in [0.15, 0.2) is 72.8 Å². The Hall–Kier alpha value is -4.20. The Kier molecular flexibility index (Phi) is 7.95. The summed E-state index contributed by atoms with van der Waals surface area (Å²) in [5, 5.41) is 0. The lowest BCUT2D eigenvalue weighted by Crippen LogP contribution is -2.50. The van der Waals surface area contributed by atoms with E-state index in [-0.39, 0.29) is 24.2 Å². The van der Waals surface area contributed by atoms with E-state index in [1.54, 1.807) is 52.3 Å². The highest BCUT2D eigenvalue weighted by atomic mass is 19.1. The van der Waals surface area contributed by atoms with Crippen molar-refractivity contribution in [1.82, 2.24) is 9.80 Å². The first-order valence-electron chi connectivity index (χ1n) is 11.5. The molecule has 0 unspecified atom stereocenters. The minimum Gasteiger partial charge on any atom is -0.493 e. The van der Waals surface area contributed by atoms with Gasteiger partial charge >= 0.3 is 0 Å². The molecule has 3 aromatic carbocycles. The van der Waals surface area contributed by atoms with Crippen molar-refractivity contribution in [2.45, 2.75) is 6.61 Å². The SMILES string of the molecule is COc1cc(/C=C/C(=O)N2CCN(C(=O)c3ccc(F)cc3)CC2)ccc1OCc1ccccc1F. The summed E-state index contributed by atoms with van der Waals surface area (Å²) in [5.41, 5.74) is 1.60. The van der Waals surface area contributed by atoms with Gasteiger partial charge in [0.15, 0.2) is 11.5 Å². The molecule has 1 aliphatic rings. The summed E-state index contributed by atoms with van der Waals surface area (Å²) in [6, 6.07) is 17.1. The predicted molar refractivity (Wildman–Crippen MR) is 132 cm³/mol. The van der Waals surface area contributed by atoms with E-state index in [9.17, 15) is 18.4 Å². The Bertz CT molecular complexity index is 1250. The number of benzene rings is 3. The highest BCUT2D eigenvalue weighted by Crippen LogP contribution is 2.29. The molecule has 0 bridgehead atoms. The molecule has 1 saturated heterocycles. The maximum atomic E-state index is 13.8. The number of halogens is 2.